The first-order valence-electron chi connectivity index (χ1n) is 7.38. The van der Waals surface area contributed by atoms with Crippen molar-refractivity contribution in [3.05, 3.63) is 0 Å². The average molecular weight is 321 g/mol. The molecule has 0 aromatic carbocycles. The maximum Gasteiger partial charge on any atom is 0.306 e. The lowest BCUT2D eigenvalue weighted by molar-refractivity contribution is -0.140. The van der Waals surface area contributed by atoms with Crippen LogP contribution in [0.4, 0.5) is 0 Å². The molecule has 1 aliphatic rings. The molecule has 0 saturated carbocycles. The summed E-state index contributed by atoms with van der Waals surface area (Å²) in [5.41, 5.74) is 0. The summed E-state index contributed by atoms with van der Waals surface area (Å²) in [5.74, 6) is -0.418. The van der Waals surface area contributed by atoms with E-state index in [9.17, 15) is 13.2 Å². The van der Waals surface area contributed by atoms with Crippen molar-refractivity contribution in [1.82, 2.24) is 13.9 Å². The zero-order chi connectivity index (χ0) is 15.9. The number of piperidine rings is 1. The fourth-order valence-electron chi connectivity index (χ4n) is 2.30. The van der Waals surface area contributed by atoms with Crippen LogP contribution in [0.1, 0.15) is 32.6 Å². The first-order chi connectivity index (χ1) is 9.86. The lowest BCUT2D eigenvalue weighted by atomic mass is 10.1. The van der Waals surface area contributed by atoms with Crippen LogP contribution in [0.2, 0.25) is 0 Å². The van der Waals surface area contributed by atoms with Crippen LogP contribution in [-0.4, -0.2) is 70.0 Å². The third-order valence-electron chi connectivity index (χ3n) is 3.84. The number of ether oxygens (including phenoxy) is 1. The van der Waals surface area contributed by atoms with Gasteiger partial charge in [0, 0.05) is 26.2 Å². The van der Waals surface area contributed by atoms with Gasteiger partial charge in [-0.15, -0.1) is 0 Å². The Bertz CT molecular complexity index is 421. The summed E-state index contributed by atoms with van der Waals surface area (Å²) in [4.78, 5) is 13.4. The maximum absolute atomic E-state index is 12.1. The molecule has 1 atom stereocenters. The summed E-state index contributed by atoms with van der Waals surface area (Å²) in [6.07, 6.45) is 3.66. The second kappa shape index (κ2) is 8.67. The third kappa shape index (κ3) is 6.29. The second-order valence-corrected chi connectivity index (χ2v) is 7.31. The molecule has 0 amide bonds. The molecule has 1 heterocycles. The van der Waals surface area contributed by atoms with Crippen LogP contribution in [0.15, 0.2) is 0 Å². The molecule has 0 aromatic heterocycles. The predicted molar refractivity (Wildman–Crippen MR) is 81.1 cm³/mol. The van der Waals surface area contributed by atoms with Crippen LogP contribution in [-0.2, 0) is 19.7 Å². The van der Waals surface area contributed by atoms with Crippen LogP contribution < -0.4 is 4.72 Å². The molecule has 1 N–H and O–H groups in total. The number of hydrogen-bond donors (Lipinski definition) is 1. The highest BCUT2D eigenvalue weighted by Crippen LogP contribution is 2.11. The lowest BCUT2D eigenvalue weighted by Crippen LogP contribution is -2.47. The number of methoxy groups -OCH3 is 1. The van der Waals surface area contributed by atoms with E-state index in [-0.39, 0.29) is 19.0 Å². The Labute approximate surface area is 127 Å². The fourth-order valence-corrected chi connectivity index (χ4v) is 3.30. The van der Waals surface area contributed by atoms with Crippen molar-refractivity contribution in [2.45, 2.75) is 38.6 Å². The number of rotatable bonds is 8. The number of nitrogens with zero attached hydrogens (tertiary/aromatic N) is 2. The number of likely N-dealkylation sites (tertiary alicyclic amines) is 1. The first kappa shape index (κ1) is 18.3. The van der Waals surface area contributed by atoms with Crippen molar-refractivity contribution in [3.8, 4) is 0 Å². The minimum Gasteiger partial charge on any atom is -0.469 e. The molecule has 0 spiro atoms. The van der Waals surface area contributed by atoms with Gasteiger partial charge in [0.25, 0.3) is 10.2 Å². The number of carbonyl (C=O) groups excluding carboxylic acids is 1. The number of nitrogens with one attached hydrogen (secondary N) is 1. The van der Waals surface area contributed by atoms with Gasteiger partial charge in [-0.25, -0.2) is 4.72 Å². The summed E-state index contributed by atoms with van der Waals surface area (Å²) in [6.45, 7) is 4.58. The molecule has 1 aliphatic heterocycles. The van der Waals surface area contributed by atoms with Gasteiger partial charge < -0.3 is 4.74 Å². The zero-order valence-corrected chi connectivity index (χ0v) is 14.0. The van der Waals surface area contributed by atoms with Crippen LogP contribution in [0, 0.1) is 0 Å². The van der Waals surface area contributed by atoms with E-state index in [2.05, 4.69) is 14.4 Å². The van der Waals surface area contributed by atoms with Crippen molar-refractivity contribution >= 4 is 16.2 Å². The third-order valence-corrected chi connectivity index (χ3v) is 5.38. The molecule has 124 valence electrons. The Morgan fingerprint density at radius 2 is 1.95 bits per heavy atom. The van der Waals surface area contributed by atoms with Gasteiger partial charge in [0.15, 0.2) is 0 Å². The molecule has 7 nitrogen and oxygen atoms in total. The molecular formula is C13H27N3O4S. The molecule has 8 heteroatoms. The molecule has 0 bridgehead atoms. The normalized spacial score (nSPS) is 18.7. The standard InChI is InChI=1S/C13H27N3O4S/c1-12(16-8-5-4-6-9-16)11-14-21(18,19)15(2)10-7-13(17)20-3/h12,14H,4-11H2,1-3H3. The zero-order valence-electron chi connectivity index (χ0n) is 13.2. The molecule has 0 aromatic rings. The maximum atomic E-state index is 12.1. The molecule has 1 rings (SSSR count). The second-order valence-electron chi connectivity index (χ2n) is 5.45. The summed E-state index contributed by atoms with van der Waals surface area (Å²) in [6, 6.07) is 0.175. The molecule has 0 radical (unpaired) electrons. The van der Waals surface area contributed by atoms with E-state index in [1.54, 1.807) is 0 Å². The fraction of sp³-hybridized carbons (Fsp3) is 0.923. The highest BCUT2D eigenvalue weighted by Gasteiger charge is 2.22. The van der Waals surface area contributed by atoms with Crippen LogP contribution >= 0.6 is 0 Å². The van der Waals surface area contributed by atoms with Gasteiger partial charge in [0.1, 0.15) is 0 Å². The van der Waals surface area contributed by atoms with Gasteiger partial charge >= 0.3 is 5.97 Å². The summed E-state index contributed by atoms with van der Waals surface area (Å²) in [7, 11) is -0.807. The van der Waals surface area contributed by atoms with Gasteiger partial charge in [-0.05, 0) is 32.9 Å². The lowest BCUT2D eigenvalue weighted by Gasteiger charge is -2.32. The smallest absolute Gasteiger partial charge is 0.306 e. The minimum atomic E-state index is -3.55. The van der Waals surface area contributed by atoms with Crippen molar-refractivity contribution in [2.24, 2.45) is 0 Å². The highest BCUT2D eigenvalue weighted by molar-refractivity contribution is 7.87. The first-order valence-corrected chi connectivity index (χ1v) is 8.82. The minimum absolute atomic E-state index is 0.0512. The van der Waals surface area contributed by atoms with E-state index in [0.29, 0.717) is 6.54 Å². The van der Waals surface area contributed by atoms with Crippen molar-refractivity contribution in [3.63, 3.8) is 0 Å². The van der Waals surface area contributed by atoms with E-state index in [1.807, 2.05) is 6.92 Å². The average Bonchev–Trinajstić information content (AvgIpc) is 2.50. The topological polar surface area (TPSA) is 78.9 Å². The van der Waals surface area contributed by atoms with Gasteiger partial charge in [-0.1, -0.05) is 6.42 Å². The Hall–Kier alpha value is -0.700. The van der Waals surface area contributed by atoms with Gasteiger partial charge in [-0.3, -0.25) is 9.69 Å². The molecule has 1 fully saturated rings. The Morgan fingerprint density at radius 1 is 1.33 bits per heavy atom. The van der Waals surface area contributed by atoms with Crippen molar-refractivity contribution in [1.29, 1.82) is 0 Å². The quantitative estimate of drug-likeness (QED) is 0.646. The Balaban J connectivity index is 2.38. The largest absolute Gasteiger partial charge is 0.469 e. The molecule has 21 heavy (non-hydrogen) atoms. The van der Waals surface area contributed by atoms with Gasteiger partial charge in [0.2, 0.25) is 0 Å². The summed E-state index contributed by atoms with van der Waals surface area (Å²) >= 11 is 0. The molecular weight excluding hydrogens is 294 g/mol. The highest BCUT2D eigenvalue weighted by atomic mass is 32.2. The molecule has 1 unspecified atom stereocenters. The van der Waals surface area contributed by atoms with E-state index < -0.39 is 16.2 Å². The van der Waals surface area contributed by atoms with E-state index in [0.717, 1.165) is 17.4 Å². The van der Waals surface area contributed by atoms with E-state index >= 15 is 0 Å². The Morgan fingerprint density at radius 3 is 2.52 bits per heavy atom. The SMILES string of the molecule is COC(=O)CCN(C)S(=O)(=O)NCC(C)N1CCCCC1. The Kier molecular flexibility index (Phi) is 7.58. The van der Waals surface area contributed by atoms with Crippen molar-refractivity contribution < 1.29 is 17.9 Å². The number of esters is 1. The van der Waals surface area contributed by atoms with Crippen LogP contribution in [0.5, 0.6) is 0 Å². The number of hydrogen-bond acceptors (Lipinski definition) is 5. The van der Waals surface area contributed by atoms with E-state index in [4.69, 9.17) is 0 Å². The molecule has 0 aliphatic carbocycles. The van der Waals surface area contributed by atoms with Crippen LogP contribution in [0.25, 0.3) is 0 Å². The summed E-state index contributed by atoms with van der Waals surface area (Å²) < 4.78 is 32.4. The predicted octanol–water partition coefficient (Wildman–Crippen LogP) is 0.190. The van der Waals surface area contributed by atoms with Crippen LogP contribution in [0.3, 0.4) is 0 Å². The van der Waals surface area contributed by atoms with Gasteiger partial charge in [-0.2, -0.15) is 12.7 Å². The molecule has 1 saturated heterocycles. The number of carbonyl (C=O) groups is 1. The van der Waals surface area contributed by atoms with Crippen molar-refractivity contribution in [2.75, 3.05) is 40.3 Å². The monoisotopic (exact) mass is 321 g/mol. The van der Waals surface area contributed by atoms with E-state index in [1.165, 1.54) is 33.4 Å². The van der Waals surface area contributed by atoms with Gasteiger partial charge in [0.05, 0.1) is 13.5 Å². The summed E-state index contributed by atoms with van der Waals surface area (Å²) in [5, 5.41) is 0.